The monoisotopic (exact) mass is 357 g/mol. The van der Waals surface area contributed by atoms with Crippen LogP contribution in [0.25, 0.3) is 10.6 Å². The molecule has 0 aliphatic carbocycles. The number of carbonyl (C=O) groups is 1. The average Bonchev–Trinajstić information content (AvgIpc) is 2.95. The fraction of sp³-hybridized carbons (Fsp3) is 0.111. The van der Waals surface area contributed by atoms with Gasteiger partial charge in [0.05, 0.1) is 12.2 Å². The van der Waals surface area contributed by atoms with Gasteiger partial charge in [0.25, 0.3) is 0 Å². The summed E-state index contributed by atoms with van der Waals surface area (Å²) in [6.07, 6.45) is 0. The van der Waals surface area contributed by atoms with Crippen LogP contribution < -0.4 is 10.6 Å². The Morgan fingerprint density at radius 2 is 1.96 bits per heavy atom. The normalized spacial score (nSPS) is 10.4. The molecule has 4 nitrogen and oxygen atoms in total. The van der Waals surface area contributed by atoms with Crippen LogP contribution in [0.4, 0.5) is 10.5 Å². The Kier molecular flexibility index (Phi) is 5.13. The summed E-state index contributed by atoms with van der Waals surface area (Å²) in [6.45, 7) is 2.39. The Morgan fingerprint density at radius 3 is 2.71 bits per heavy atom. The van der Waals surface area contributed by atoms with Gasteiger partial charge in [-0.2, -0.15) is 0 Å². The Bertz CT molecular complexity index is 848. The third kappa shape index (κ3) is 4.13. The van der Waals surface area contributed by atoms with Crippen LogP contribution in [0.2, 0.25) is 5.02 Å². The summed E-state index contributed by atoms with van der Waals surface area (Å²) in [6, 6.07) is 16.8. The SMILES string of the molecule is Cc1nc(-c2ccccc2)sc1CNC(=O)Nc1cccc(Cl)c1. The van der Waals surface area contributed by atoms with Gasteiger partial charge in [0.1, 0.15) is 5.01 Å². The first-order valence-corrected chi connectivity index (χ1v) is 8.63. The molecule has 6 heteroatoms. The van der Waals surface area contributed by atoms with E-state index in [1.165, 1.54) is 0 Å². The van der Waals surface area contributed by atoms with Crippen molar-refractivity contribution in [1.82, 2.24) is 10.3 Å². The number of amides is 2. The largest absolute Gasteiger partial charge is 0.333 e. The molecule has 0 spiro atoms. The summed E-state index contributed by atoms with van der Waals surface area (Å²) in [4.78, 5) is 17.6. The zero-order valence-corrected chi connectivity index (χ0v) is 14.6. The van der Waals surface area contributed by atoms with E-state index in [9.17, 15) is 4.79 Å². The van der Waals surface area contributed by atoms with Crippen molar-refractivity contribution < 1.29 is 4.79 Å². The molecule has 0 fully saturated rings. The number of aromatic nitrogens is 1. The van der Waals surface area contributed by atoms with E-state index >= 15 is 0 Å². The van der Waals surface area contributed by atoms with E-state index in [2.05, 4.69) is 15.6 Å². The molecule has 2 aromatic carbocycles. The Balaban J connectivity index is 1.62. The zero-order chi connectivity index (χ0) is 16.9. The second kappa shape index (κ2) is 7.47. The van der Waals surface area contributed by atoms with Crippen molar-refractivity contribution in [3.63, 3.8) is 0 Å². The third-order valence-corrected chi connectivity index (χ3v) is 4.85. The van der Waals surface area contributed by atoms with Gasteiger partial charge in [0.2, 0.25) is 0 Å². The van der Waals surface area contributed by atoms with Crippen LogP contribution in [-0.4, -0.2) is 11.0 Å². The number of halogens is 1. The molecule has 2 amide bonds. The highest BCUT2D eigenvalue weighted by molar-refractivity contribution is 7.15. The molecule has 1 aromatic heterocycles. The molecule has 122 valence electrons. The highest BCUT2D eigenvalue weighted by atomic mass is 35.5. The molecule has 3 rings (SSSR count). The molecular weight excluding hydrogens is 342 g/mol. The first kappa shape index (κ1) is 16.5. The lowest BCUT2D eigenvalue weighted by Gasteiger charge is -2.07. The smallest absolute Gasteiger partial charge is 0.319 e. The standard InChI is InChI=1S/C18H16ClN3OS/c1-12-16(24-17(21-12)13-6-3-2-4-7-13)11-20-18(23)22-15-9-5-8-14(19)10-15/h2-10H,11H2,1H3,(H2,20,22,23). The molecule has 0 unspecified atom stereocenters. The Hall–Kier alpha value is -2.37. The van der Waals surface area contributed by atoms with Crippen molar-refractivity contribution >= 4 is 34.7 Å². The number of rotatable bonds is 4. The first-order chi connectivity index (χ1) is 11.6. The van der Waals surface area contributed by atoms with E-state index in [0.29, 0.717) is 17.3 Å². The number of carbonyl (C=O) groups excluding carboxylic acids is 1. The van der Waals surface area contributed by atoms with Crippen molar-refractivity contribution in [2.75, 3.05) is 5.32 Å². The molecule has 0 saturated carbocycles. The molecule has 3 aromatic rings. The predicted molar refractivity (Wildman–Crippen MR) is 99.6 cm³/mol. The summed E-state index contributed by atoms with van der Waals surface area (Å²) in [5.41, 5.74) is 2.67. The molecular formula is C18H16ClN3OS. The van der Waals surface area contributed by atoms with Crippen LogP contribution in [0.1, 0.15) is 10.6 Å². The first-order valence-electron chi connectivity index (χ1n) is 7.44. The van der Waals surface area contributed by atoms with E-state index in [1.807, 2.05) is 37.3 Å². The van der Waals surface area contributed by atoms with E-state index < -0.39 is 0 Å². The number of aryl methyl sites for hydroxylation is 1. The lowest BCUT2D eigenvalue weighted by atomic mass is 10.2. The van der Waals surface area contributed by atoms with Crippen LogP contribution in [0.3, 0.4) is 0 Å². The number of urea groups is 1. The Morgan fingerprint density at radius 1 is 1.17 bits per heavy atom. The zero-order valence-electron chi connectivity index (χ0n) is 13.0. The van der Waals surface area contributed by atoms with Gasteiger partial charge >= 0.3 is 6.03 Å². The molecule has 0 saturated heterocycles. The number of hydrogen-bond donors (Lipinski definition) is 2. The summed E-state index contributed by atoms with van der Waals surface area (Å²) >= 11 is 7.49. The molecule has 0 atom stereocenters. The van der Waals surface area contributed by atoms with E-state index in [4.69, 9.17) is 11.6 Å². The van der Waals surface area contributed by atoms with Crippen molar-refractivity contribution in [3.05, 3.63) is 70.2 Å². The molecule has 0 aliphatic heterocycles. The molecule has 24 heavy (non-hydrogen) atoms. The van der Waals surface area contributed by atoms with Crippen LogP contribution in [-0.2, 0) is 6.54 Å². The van der Waals surface area contributed by atoms with Crippen LogP contribution >= 0.6 is 22.9 Å². The molecule has 0 bridgehead atoms. The van der Waals surface area contributed by atoms with Gasteiger partial charge in [-0.3, -0.25) is 0 Å². The highest BCUT2D eigenvalue weighted by Crippen LogP contribution is 2.27. The second-order valence-corrected chi connectivity index (χ2v) is 6.73. The summed E-state index contributed by atoms with van der Waals surface area (Å²) in [5, 5.41) is 7.15. The number of benzene rings is 2. The van der Waals surface area contributed by atoms with E-state index in [1.54, 1.807) is 35.6 Å². The fourth-order valence-electron chi connectivity index (χ4n) is 2.20. The van der Waals surface area contributed by atoms with Crippen molar-refractivity contribution in [1.29, 1.82) is 0 Å². The fourth-order valence-corrected chi connectivity index (χ4v) is 3.40. The molecule has 0 radical (unpaired) electrons. The highest BCUT2D eigenvalue weighted by Gasteiger charge is 2.10. The number of nitrogens with zero attached hydrogens (tertiary/aromatic N) is 1. The molecule has 1 heterocycles. The minimum Gasteiger partial charge on any atom is -0.333 e. The van der Waals surface area contributed by atoms with Gasteiger partial charge in [-0.1, -0.05) is 48.0 Å². The predicted octanol–water partition coefficient (Wildman–Crippen LogP) is 5.09. The van der Waals surface area contributed by atoms with Gasteiger partial charge in [-0.25, -0.2) is 9.78 Å². The lowest BCUT2D eigenvalue weighted by Crippen LogP contribution is -2.28. The second-order valence-electron chi connectivity index (χ2n) is 5.21. The maximum atomic E-state index is 12.0. The topological polar surface area (TPSA) is 54.0 Å². The summed E-state index contributed by atoms with van der Waals surface area (Å²) in [7, 11) is 0. The quantitative estimate of drug-likeness (QED) is 0.683. The van der Waals surface area contributed by atoms with Crippen LogP contribution in [0.15, 0.2) is 54.6 Å². The van der Waals surface area contributed by atoms with Crippen LogP contribution in [0, 0.1) is 6.92 Å². The minimum atomic E-state index is -0.272. The van der Waals surface area contributed by atoms with Crippen LogP contribution in [0.5, 0.6) is 0 Å². The Labute approximate surface area is 149 Å². The van der Waals surface area contributed by atoms with Gasteiger partial charge in [0, 0.05) is 21.2 Å². The van der Waals surface area contributed by atoms with E-state index in [0.717, 1.165) is 21.1 Å². The maximum Gasteiger partial charge on any atom is 0.319 e. The third-order valence-electron chi connectivity index (χ3n) is 3.41. The van der Waals surface area contributed by atoms with Gasteiger partial charge < -0.3 is 10.6 Å². The van der Waals surface area contributed by atoms with Gasteiger partial charge in [-0.05, 0) is 25.1 Å². The molecule has 0 aliphatic rings. The van der Waals surface area contributed by atoms with Crippen molar-refractivity contribution in [2.24, 2.45) is 0 Å². The van der Waals surface area contributed by atoms with Gasteiger partial charge in [0.15, 0.2) is 0 Å². The summed E-state index contributed by atoms with van der Waals surface area (Å²) in [5.74, 6) is 0. The number of nitrogens with one attached hydrogen (secondary N) is 2. The average molecular weight is 358 g/mol. The number of thiazole rings is 1. The minimum absolute atomic E-state index is 0.272. The molecule has 2 N–H and O–H groups in total. The number of hydrogen-bond acceptors (Lipinski definition) is 3. The van der Waals surface area contributed by atoms with Gasteiger partial charge in [-0.15, -0.1) is 11.3 Å². The van der Waals surface area contributed by atoms with E-state index in [-0.39, 0.29) is 6.03 Å². The number of anilines is 1. The van der Waals surface area contributed by atoms with Crippen molar-refractivity contribution in [3.8, 4) is 10.6 Å². The summed E-state index contributed by atoms with van der Waals surface area (Å²) < 4.78 is 0. The lowest BCUT2D eigenvalue weighted by molar-refractivity contribution is 0.252. The van der Waals surface area contributed by atoms with Crippen molar-refractivity contribution in [2.45, 2.75) is 13.5 Å². The maximum absolute atomic E-state index is 12.0.